The molecule has 0 saturated carbocycles. The first-order valence-corrected chi connectivity index (χ1v) is 5.68. The van der Waals surface area contributed by atoms with Crippen LogP contribution in [-0.4, -0.2) is 35.4 Å². The minimum absolute atomic E-state index is 0.0639. The second kappa shape index (κ2) is 4.69. The second-order valence-electron chi connectivity index (χ2n) is 3.47. The highest BCUT2D eigenvalue weighted by molar-refractivity contribution is 14.1. The molecule has 0 aromatic carbocycles. The van der Waals surface area contributed by atoms with E-state index in [1.807, 2.05) is 6.92 Å². The van der Waals surface area contributed by atoms with Crippen LogP contribution in [0.1, 0.15) is 6.92 Å². The summed E-state index contributed by atoms with van der Waals surface area (Å²) in [7, 11) is 0. The van der Waals surface area contributed by atoms with Crippen LogP contribution < -0.4 is 10.6 Å². The average Bonchev–Trinajstić information content (AvgIpc) is 2.41. The fraction of sp³-hybridized carbons (Fsp3) is 0.875. The fourth-order valence-electron chi connectivity index (χ4n) is 1.30. The smallest absolute Gasteiger partial charge is 0.273 e. The molecule has 1 saturated heterocycles. The molecule has 82 valence electrons. The summed E-state index contributed by atoms with van der Waals surface area (Å²) in [6, 6.07) is 0. The van der Waals surface area contributed by atoms with E-state index in [2.05, 4.69) is 33.2 Å². The van der Waals surface area contributed by atoms with Crippen LogP contribution >= 0.6 is 22.6 Å². The van der Waals surface area contributed by atoms with Crippen LogP contribution in [0.15, 0.2) is 0 Å². The summed E-state index contributed by atoms with van der Waals surface area (Å²) in [5.74, 6) is -4.67. The number of halogens is 3. The van der Waals surface area contributed by atoms with E-state index >= 15 is 0 Å². The maximum atomic E-state index is 13.1. The lowest BCUT2D eigenvalue weighted by molar-refractivity contribution is -0.134. The molecule has 1 aliphatic rings. The summed E-state index contributed by atoms with van der Waals surface area (Å²) < 4.78 is 26.4. The summed E-state index contributed by atoms with van der Waals surface area (Å²) in [5.41, 5.74) is 0. The van der Waals surface area contributed by atoms with E-state index in [0.29, 0.717) is 6.54 Å². The average molecular weight is 318 g/mol. The van der Waals surface area contributed by atoms with E-state index in [0.717, 1.165) is 0 Å². The van der Waals surface area contributed by atoms with Crippen molar-refractivity contribution in [2.75, 3.05) is 19.6 Å². The van der Waals surface area contributed by atoms with Crippen LogP contribution in [-0.2, 0) is 4.79 Å². The quantitative estimate of drug-likeness (QED) is 0.596. The molecule has 1 rings (SSSR count). The van der Waals surface area contributed by atoms with Gasteiger partial charge in [-0.2, -0.15) is 0 Å². The van der Waals surface area contributed by atoms with Crippen molar-refractivity contribution in [3.63, 3.8) is 0 Å². The van der Waals surface area contributed by atoms with E-state index < -0.39 is 24.3 Å². The molecule has 6 heteroatoms. The minimum atomic E-state index is -2.90. The lowest BCUT2D eigenvalue weighted by Crippen LogP contribution is -2.42. The third-order valence-electron chi connectivity index (χ3n) is 2.09. The standard InChI is InChI=1S/C8H13F2IN2O/c1-5(11)2-13-7(14)6-3-12-4-8(6,9)10/h5-6,12H,2-4H2,1H3,(H,13,14). The lowest BCUT2D eigenvalue weighted by Gasteiger charge is -2.17. The largest absolute Gasteiger partial charge is 0.355 e. The van der Waals surface area contributed by atoms with Crippen molar-refractivity contribution in [3.05, 3.63) is 0 Å². The predicted octanol–water partition coefficient (Wildman–Crippen LogP) is 0.781. The monoisotopic (exact) mass is 318 g/mol. The molecule has 2 atom stereocenters. The summed E-state index contributed by atoms with van der Waals surface area (Å²) in [5, 5.41) is 5.03. The summed E-state index contributed by atoms with van der Waals surface area (Å²) in [4.78, 5) is 11.3. The van der Waals surface area contributed by atoms with Crippen LogP contribution in [0.5, 0.6) is 0 Å². The van der Waals surface area contributed by atoms with Crippen LogP contribution in [0.4, 0.5) is 8.78 Å². The first-order chi connectivity index (χ1) is 6.43. The number of carbonyl (C=O) groups excluding carboxylic acids is 1. The summed E-state index contributed by atoms with van der Waals surface area (Å²) in [6.45, 7) is 2.01. The zero-order valence-corrected chi connectivity index (χ0v) is 9.98. The van der Waals surface area contributed by atoms with Gasteiger partial charge in [-0.05, 0) is 0 Å². The van der Waals surface area contributed by atoms with E-state index in [1.54, 1.807) is 0 Å². The minimum Gasteiger partial charge on any atom is -0.355 e. The molecule has 0 radical (unpaired) electrons. The highest BCUT2D eigenvalue weighted by Crippen LogP contribution is 2.27. The third kappa shape index (κ3) is 3.01. The number of nitrogens with one attached hydrogen (secondary N) is 2. The number of alkyl halides is 3. The number of carbonyl (C=O) groups is 1. The number of amides is 1. The Labute approximate surface area is 95.1 Å². The number of rotatable bonds is 3. The lowest BCUT2D eigenvalue weighted by atomic mass is 10.0. The van der Waals surface area contributed by atoms with Gasteiger partial charge in [0.15, 0.2) is 0 Å². The van der Waals surface area contributed by atoms with E-state index in [1.165, 1.54) is 0 Å². The van der Waals surface area contributed by atoms with Crippen molar-refractivity contribution in [3.8, 4) is 0 Å². The Balaban J connectivity index is 2.44. The molecule has 0 spiro atoms. The Kier molecular flexibility index (Phi) is 4.05. The third-order valence-corrected chi connectivity index (χ3v) is 2.53. The first-order valence-electron chi connectivity index (χ1n) is 4.44. The Morgan fingerprint density at radius 3 is 2.86 bits per heavy atom. The van der Waals surface area contributed by atoms with Crippen molar-refractivity contribution in [2.45, 2.75) is 16.8 Å². The maximum absolute atomic E-state index is 13.1. The molecule has 0 bridgehead atoms. The Hall–Kier alpha value is 0.0200. The summed E-state index contributed by atoms with van der Waals surface area (Å²) >= 11 is 2.13. The van der Waals surface area contributed by atoms with Crippen molar-refractivity contribution < 1.29 is 13.6 Å². The van der Waals surface area contributed by atoms with Crippen LogP contribution in [0, 0.1) is 5.92 Å². The zero-order chi connectivity index (χ0) is 10.8. The van der Waals surface area contributed by atoms with Gasteiger partial charge >= 0.3 is 0 Å². The highest BCUT2D eigenvalue weighted by atomic mass is 127. The van der Waals surface area contributed by atoms with Crippen molar-refractivity contribution >= 4 is 28.5 Å². The second-order valence-corrected chi connectivity index (χ2v) is 5.60. The van der Waals surface area contributed by atoms with Crippen LogP contribution in [0.3, 0.4) is 0 Å². The van der Waals surface area contributed by atoms with Crippen LogP contribution in [0.25, 0.3) is 0 Å². The molecular formula is C8H13F2IN2O. The molecule has 1 amide bonds. The molecule has 0 aromatic heterocycles. The molecule has 2 unspecified atom stereocenters. The van der Waals surface area contributed by atoms with Crippen molar-refractivity contribution in [1.82, 2.24) is 10.6 Å². The molecule has 0 aromatic rings. The Bertz CT molecular complexity index is 223. The zero-order valence-electron chi connectivity index (χ0n) is 7.82. The van der Waals surface area contributed by atoms with Gasteiger partial charge in [-0.25, -0.2) is 8.78 Å². The highest BCUT2D eigenvalue weighted by Gasteiger charge is 2.48. The number of hydrogen-bond acceptors (Lipinski definition) is 2. The van der Waals surface area contributed by atoms with Gasteiger partial charge in [0.2, 0.25) is 5.91 Å². The molecule has 1 fully saturated rings. The molecule has 2 N–H and O–H groups in total. The van der Waals surface area contributed by atoms with Gasteiger partial charge in [0.05, 0.1) is 6.54 Å². The first kappa shape index (κ1) is 12.1. The van der Waals surface area contributed by atoms with E-state index in [-0.39, 0.29) is 10.5 Å². The maximum Gasteiger partial charge on any atom is 0.273 e. The SMILES string of the molecule is CC(I)CNC(=O)C1CNCC1(F)F. The van der Waals surface area contributed by atoms with Gasteiger partial charge in [0.1, 0.15) is 5.92 Å². The Morgan fingerprint density at radius 1 is 1.79 bits per heavy atom. The summed E-state index contributed by atoms with van der Waals surface area (Å²) in [6.07, 6.45) is 0. The molecule has 14 heavy (non-hydrogen) atoms. The normalized spacial score (nSPS) is 27.3. The molecular weight excluding hydrogens is 305 g/mol. The van der Waals surface area contributed by atoms with Crippen LogP contribution in [0.2, 0.25) is 0 Å². The van der Waals surface area contributed by atoms with Gasteiger partial charge in [0, 0.05) is 17.0 Å². The topological polar surface area (TPSA) is 41.1 Å². The van der Waals surface area contributed by atoms with Gasteiger partial charge in [-0.3, -0.25) is 4.79 Å². The van der Waals surface area contributed by atoms with Gasteiger partial charge in [0.25, 0.3) is 5.92 Å². The Morgan fingerprint density at radius 2 is 2.43 bits per heavy atom. The van der Waals surface area contributed by atoms with Gasteiger partial charge in [-0.15, -0.1) is 0 Å². The van der Waals surface area contributed by atoms with Gasteiger partial charge in [-0.1, -0.05) is 29.5 Å². The molecule has 0 aliphatic carbocycles. The molecule has 1 heterocycles. The number of hydrogen-bond donors (Lipinski definition) is 2. The molecule has 3 nitrogen and oxygen atoms in total. The van der Waals surface area contributed by atoms with E-state index in [9.17, 15) is 13.6 Å². The van der Waals surface area contributed by atoms with Crippen molar-refractivity contribution in [2.24, 2.45) is 5.92 Å². The molecule has 1 aliphatic heterocycles. The van der Waals surface area contributed by atoms with Crippen molar-refractivity contribution in [1.29, 1.82) is 0 Å². The fourth-order valence-corrected chi connectivity index (χ4v) is 1.52. The predicted molar refractivity (Wildman–Crippen MR) is 57.8 cm³/mol. The van der Waals surface area contributed by atoms with E-state index in [4.69, 9.17) is 0 Å². The van der Waals surface area contributed by atoms with Gasteiger partial charge < -0.3 is 10.6 Å².